The summed E-state index contributed by atoms with van der Waals surface area (Å²) in [7, 11) is 0. The van der Waals surface area contributed by atoms with Crippen molar-refractivity contribution in [3.63, 3.8) is 0 Å². The molecule has 3 N–H and O–H groups in total. The van der Waals surface area contributed by atoms with Gasteiger partial charge >= 0.3 is 6.18 Å². The molecule has 1 aliphatic carbocycles. The number of rotatable bonds is 7. The van der Waals surface area contributed by atoms with Gasteiger partial charge in [0.15, 0.2) is 0 Å². The predicted octanol–water partition coefficient (Wildman–Crippen LogP) is 6.15. The first-order chi connectivity index (χ1) is 16.7. The molecule has 2 aromatic carbocycles. The molecule has 0 bridgehead atoms. The molecule has 4 rings (SSSR count). The van der Waals surface area contributed by atoms with Crippen LogP contribution in [-0.4, -0.2) is 16.1 Å². The lowest BCUT2D eigenvalue weighted by Crippen LogP contribution is -2.27. The van der Waals surface area contributed by atoms with Crippen LogP contribution >= 0.6 is 11.3 Å². The first-order valence-corrected chi connectivity index (χ1v) is 12.7. The summed E-state index contributed by atoms with van der Waals surface area (Å²) < 4.78 is 41.1. The fourth-order valence-electron chi connectivity index (χ4n) is 4.60. The predicted molar refractivity (Wildman–Crippen MR) is 131 cm³/mol. The minimum Gasteiger partial charge on any atom is -0.347 e. The van der Waals surface area contributed by atoms with Crippen LogP contribution in [0.4, 0.5) is 13.2 Å². The zero-order valence-electron chi connectivity index (χ0n) is 19.6. The van der Waals surface area contributed by atoms with Gasteiger partial charge in [0.2, 0.25) is 5.91 Å². The zero-order chi connectivity index (χ0) is 25.0. The van der Waals surface area contributed by atoms with E-state index in [0.717, 1.165) is 49.3 Å². The van der Waals surface area contributed by atoms with Crippen molar-refractivity contribution in [2.75, 3.05) is 0 Å². The van der Waals surface area contributed by atoms with Crippen LogP contribution in [0.25, 0.3) is 10.6 Å². The second kappa shape index (κ2) is 10.9. The molecule has 1 saturated carbocycles. The van der Waals surface area contributed by atoms with E-state index in [9.17, 15) is 18.0 Å². The quantitative estimate of drug-likeness (QED) is 0.406. The minimum atomic E-state index is -4.44. The van der Waals surface area contributed by atoms with Gasteiger partial charge < -0.3 is 11.1 Å². The molecule has 35 heavy (non-hydrogen) atoms. The highest BCUT2D eigenvalue weighted by Gasteiger charge is 2.32. The molecular weight excluding hydrogens is 473 g/mol. The van der Waals surface area contributed by atoms with Gasteiger partial charge in [0.1, 0.15) is 10.0 Å². The molecule has 0 spiro atoms. The molecule has 1 fully saturated rings. The Labute approximate surface area is 207 Å². The van der Waals surface area contributed by atoms with Crippen molar-refractivity contribution in [1.82, 2.24) is 15.5 Å². The van der Waals surface area contributed by atoms with E-state index in [1.165, 1.54) is 24.3 Å². The fraction of sp³-hybridized carbons (Fsp3) is 0.423. The van der Waals surface area contributed by atoms with Crippen molar-refractivity contribution < 1.29 is 18.0 Å². The average molecular weight is 503 g/mol. The van der Waals surface area contributed by atoms with E-state index in [2.05, 4.69) is 15.5 Å². The molecule has 9 heteroatoms. The maximum atomic E-state index is 13.7. The molecule has 1 heterocycles. The fourth-order valence-corrected chi connectivity index (χ4v) is 5.48. The number of nitrogens with two attached hydrogens (primary N) is 1. The van der Waals surface area contributed by atoms with E-state index in [4.69, 9.17) is 5.73 Å². The number of hydrogen-bond donors (Lipinski definition) is 2. The van der Waals surface area contributed by atoms with Crippen LogP contribution in [0.5, 0.6) is 0 Å². The smallest absolute Gasteiger partial charge is 0.347 e. The maximum Gasteiger partial charge on any atom is 0.416 e. The molecule has 186 valence electrons. The third kappa shape index (κ3) is 6.46. The monoisotopic (exact) mass is 502 g/mol. The van der Waals surface area contributed by atoms with Gasteiger partial charge in [-0.1, -0.05) is 54.9 Å². The second-order valence-corrected chi connectivity index (χ2v) is 10.1. The van der Waals surface area contributed by atoms with Gasteiger partial charge in [-0.05, 0) is 60.1 Å². The van der Waals surface area contributed by atoms with Crippen molar-refractivity contribution >= 4 is 17.2 Å². The van der Waals surface area contributed by atoms with E-state index in [1.54, 1.807) is 0 Å². The Morgan fingerprint density at radius 1 is 1.09 bits per heavy atom. The summed E-state index contributed by atoms with van der Waals surface area (Å²) in [6.45, 7) is 1.87. The SMILES string of the molecule is CC(=O)NC(Cc1ccc(CN)cc1)c1nnc(-c2cc(C3CCCCC3)cc(C(F)(F)F)c2)s1. The summed E-state index contributed by atoms with van der Waals surface area (Å²) >= 11 is 1.21. The van der Waals surface area contributed by atoms with Gasteiger partial charge in [-0.25, -0.2) is 0 Å². The summed E-state index contributed by atoms with van der Waals surface area (Å²) in [5, 5.41) is 12.4. The van der Waals surface area contributed by atoms with Gasteiger partial charge in [0.25, 0.3) is 0 Å². The first-order valence-electron chi connectivity index (χ1n) is 11.8. The van der Waals surface area contributed by atoms with Gasteiger partial charge in [-0.2, -0.15) is 13.2 Å². The van der Waals surface area contributed by atoms with Crippen LogP contribution in [0.1, 0.15) is 78.2 Å². The van der Waals surface area contributed by atoms with Crippen molar-refractivity contribution in [3.05, 3.63) is 69.7 Å². The van der Waals surface area contributed by atoms with Crippen LogP contribution in [0.15, 0.2) is 42.5 Å². The largest absolute Gasteiger partial charge is 0.416 e. The number of halogens is 3. The molecule has 5 nitrogen and oxygen atoms in total. The standard InChI is InChI=1S/C26H29F3N4OS/c1-16(34)31-23(11-17-7-9-18(15-30)10-8-17)25-33-32-24(35-25)21-12-20(19-5-3-2-4-6-19)13-22(14-21)26(27,28)29/h7-10,12-14,19,23H,2-6,11,15,30H2,1H3,(H,31,34). The molecule has 1 aromatic heterocycles. The summed E-state index contributed by atoms with van der Waals surface area (Å²) in [4.78, 5) is 11.9. The van der Waals surface area contributed by atoms with Gasteiger partial charge in [-0.15, -0.1) is 10.2 Å². The summed E-state index contributed by atoms with van der Waals surface area (Å²) in [6.07, 6.45) is 1.02. The number of carbonyl (C=O) groups excluding carboxylic acids is 1. The van der Waals surface area contributed by atoms with E-state index in [0.29, 0.717) is 34.1 Å². The molecule has 3 aromatic rings. The minimum absolute atomic E-state index is 0.126. The molecule has 1 atom stereocenters. The van der Waals surface area contributed by atoms with Gasteiger partial charge in [-0.3, -0.25) is 4.79 Å². The molecule has 0 saturated heterocycles. The van der Waals surface area contributed by atoms with Crippen LogP contribution in [0, 0.1) is 0 Å². The lowest BCUT2D eigenvalue weighted by molar-refractivity contribution is -0.137. The van der Waals surface area contributed by atoms with Gasteiger partial charge in [0.05, 0.1) is 11.6 Å². The number of nitrogens with zero attached hydrogens (tertiary/aromatic N) is 2. The Bertz CT molecular complexity index is 1150. The Hall–Kier alpha value is -2.78. The highest BCUT2D eigenvalue weighted by Crippen LogP contribution is 2.40. The molecule has 0 radical (unpaired) electrons. The highest BCUT2D eigenvalue weighted by atomic mass is 32.1. The van der Waals surface area contributed by atoms with Crippen LogP contribution in [0.2, 0.25) is 0 Å². The Balaban J connectivity index is 1.65. The summed E-state index contributed by atoms with van der Waals surface area (Å²) in [5.41, 5.74) is 8.12. The van der Waals surface area contributed by atoms with E-state index >= 15 is 0 Å². The zero-order valence-corrected chi connectivity index (χ0v) is 20.4. The van der Waals surface area contributed by atoms with Crippen molar-refractivity contribution in [2.45, 2.75) is 70.1 Å². The number of benzene rings is 2. The third-order valence-corrected chi connectivity index (χ3v) is 7.51. The van der Waals surface area contributed by atoms with Gasteiger partial charge in [0, 0.05) is 19.0 Å². The normalized spacial score (nSPS) is 15.7. The highest BCUT2D eigenvalue weighted by molar-refractivity contribution is 7.14. The Morgan fingerprint density at radius 3 is 2.40 bits per heavy atom. The first kappa shape index (κ1) is 25.3. The summed E-state index contributed by atoms with van der Waals surface area (Å²) in [5.74, 6) is -0.0928. The second-order valence-electron chi connectivity index (χ2n) is 9.10. The molecule has 1 aliphatic rings. The number of nitrogens with one attached hydrogen (secondary N) is 1. The van der Waals surface area contributed by atoms with Crippen LogP contribution < -0.4 is 11.1 Å². The molecule has 1 unspecified atom stereocenters. The van der Waals surface area contributed by atoms with E-state index in [-0.39, 0.29) is 11.8 Å². The van der Waals surface area contributed by atoms with Crippen molar-refractivity contribution in [3.8, 4) is 10.6 Å². The average Bonchev–Trinajstić information content (AvgIpc) is 3.34. The van der Waals surface area contributed by atoms with Crippen molar-refractivity contribution in [2.24, 2.45) is 5.73 Å². The number of aromatic nitrogens is 2. The lowest BCUT2D eigenvalue weighted by atomic mass is 9.83. The van der Waals surface area contributed by atoms with E-state index < -0.39 is 17.8 Å². The number of amides is 1. The molecular formula is C26H29F3N4OS. The third-order valence-electron chi connectivity index (χ3n) is 6.42. The Kier molecular flexibility index (Phi) is 7.86. The summed E-state index contributed by atoms with van der Waals surface area (Å²) in [6, 6.07) is 11.6. The lowest BCUT2D eigenvalue weighted by Gasteiger charge is -2.23. The number of carbonyl (C=O) groups is 1. The topological polar surface area (TPSA) is 80.9 Å². The Morgan fingerprint density at radius 2 is 1.77 bits per heavy atom. The molecule has 1 amide bonds. The number of hydrogen-bond acceptors (Lipinski definition) is 5. The van der Waals surface area contributed by atoms with Crippen LogP contribution in [0.3, 0.4) is 0 Å². The van der Waals surface area contributed by atoms with Crippen molar-refractivity contribution in [1.29, 1.82) is 0 Å². The maximum absolute atomic E-state index is 13.7. The van der Waals surface area contributed by atoms with E-state index in [1.807, 2.05) is 30.3 Å². The molecule has 0 aliphatic heterocycles. The number of alkyl halides is 3. The van der Waals surface area contributed by atoms with Crippen LogP contribution in [-0.2, 0) is 23.9 Å².